The summed E-state index contributed by atoms with van der Waals surface area (Å²) in [5.41, 5.74) is 2.40. The molecule has 0 aromatic heterocycles. The molecule has 3 aromatic rings. The number of carbonyl (C=O) groups excluding carboxylic acids is 2. The van der Waals surface area contributed by atoms with Gasteiger partial charge in [-0.25, -0.2) is 0 Å². The summed E-state index contributed by atoms with van der Waals surface area (Å²) in [6.45, 7) is 2.52. The molecule has 4 rings (SSSR count). The third-order valence-corrected chi connectivity index (χ3v) is 6.36. The van der Waals surface area contributed by atoms with Gasteiger partial charge in [-0.2, -0.15) is 0 Å². The molecule has 8 heteroatoms. The van der Waals surface area contributed by atoms with E-state index in [2.05, 4.69) is 0 Å². The maximum atomic E-state index is 13.5. The number of rotatable bonds is 9. The molecule has 0 bridgehead atoms. The first-order valence-electron chi connectivity index (χ1n) is 12.3. The van der Waals surface area contributed by atoms with Crippen LogP contribution in [0.25, 0.3) is 5.76 Å². The minimum absolute atomic E-state index is 0.0120. The molecule has 0 saturated carbocycles. The van der Waals surface area contributed by atoms with Crippen LogP contribution in [0, 0.1) is 0 Å². The third kappa shape index (κ3) is 5.16. The molecule has 1 aliphatic rings. The number of amides is 1. The summed E-state index contributed by atoms with van der Waals surface area (Å²) in [5.74, 6) is -0.334. The summed E-state index contributed by atoms with van der Waals surface area (Å²) in [6, 6.07) is 18.5. The molecule has 198 valence electrons. The lowest BCUT2D eigenvalue weighted by atomic mass is 9.94. The lowest BCUT2D eigenvalue weighted by Gasteiger charge is -2.26. The van der Waals surface area contributed by atoms with Crippen molar-refractivity contribution in [3.05, 3.63) is 83.4 Å². The van der Waals surface area contributed by atoms with Crippen LogP contribution >= 0.6 is 0 Å². The van der Waals surface area contributed by atoms with E-state index in [4.69, 9.17) is 14.2 Å². The molecule has 1 saturated heterocycles. The molecule has 1 N–H and O–H groups in total. The maximum absolute atomic E-state index is 13.5. The number of ether oxygens (including phenoxy) is 3. The Labute approximate surface area is 222 Å². The van der Waals surface area contributed by atoms with Gasteiger partial charge in [-0.05, 0) is 36.2 Å². The highest BCUT2D eigenvalue weighted by Gasteiger charge is 2.47. The number of hydrogen-bond acceptors (Lipinski definition) is 7. The highest BCUT2D eigenvalue weighted by molar-refractivity contribution is 6.51. The molecule has 1 atom stereocenters. The Morgan fingerprint density at radius 2 is 1.58 bits per heavy atom. The fourth-order valence-corrected chi connectivity index (χ4v) is 4.41. The van der Waals surface area contributed by atoms with E-state index in [0.717, 1.165) is 12.1 Å². The Bertz CT molecular complexity index is 1340. The van der Waals surface area contributed by atoms with Crippen LogP contribution in [0.3, 0.4) is 0 Å². The molecular weight excluding hydrogens is 484 g/mol. The zero-order valence-electron chi connectivity index (χ0n) is 22.2. The molecule has 1 unspecified atom stereocenters. The topological polar surface area (TPSA) is 88.5 Å². The van der Waals surface area contributed by atoms with Gasteiger partial charge >= 0.3 is 0 Å². The van der Waals surface area contributed by atoms with E-state index in [0.29, 0.717) is 40.7 Å². The van der Waals surface area contributed by atoms with Crippen molar-refractivity contribution < 1.29 is 28.9 Å². The number of aliphatic hydroxyl groups is 1. The fraction of sp³-hybridized carbons (Fsp3) is 0.267. The Morgan fingerprint density at radius 1 is 0.921 bits per heavy atom. The zero-order chi connectivity index (χ0) is 27.4. The largest absolute Gasteiger partial charge is 0.507 e. The van der Waals surface area contributed by atoms with Gasteiger partial charge in [-0.15, -0.1) is 0 Å². The highest BCUT2D eigenvalue weighted by Crippen LogP contribution is 2.44. The molecule has 0 spiro atoms. The monoisotopic (exact) mass is 516 g/mol. The van der Waals surface area contributed by atoms with Gasteiger partial charge in [0.25, 0.3) is 11.7 Å². The predicted molar refractivity (Wildman–Crippen MR) is 147 cm³/mol. The van der Waals surface area contributed by atoms with E-state index < -0.39 is 17.7 Å². The second-order valence-electron chi connectivity index (χ2n) is 9.10. The van der Waals surface area contributed by atoms with Gasteiger partial charge in [0.2, 0.25) is 0 Å². The molecule has 1 amide bonds. The summed E-state index contributed by atoms with van der Waals surface area (Å²) in [5, 5.41) is 11.5. The standard InChI is InChI=1S/C30H32N2O6/c1-6-14-38-23-9-7-8-20(15-23)28(33)26-27(19-10-12-21(13-11-19)31(2)3)32(30(35)29(26)34)22-16-24(36-4)18-25(17-22)37-5/h7-13,15-18,27,33H,6,14H2,1-5H3/b28-26+. The van der Waals surface area contributed by atoms with Crippen LogP contribution in [0.4, 0.5) is 11.4 Å². The Balaban J connectivity index is 1.92. The van der Waals surface area contributed by atoms with Crippen LogP contribution in [-0.2, 0) is 9.59 Å². The Kier molecular flexibility index (Phi) is 7.90. The van der Waals surface area contributed by atoms with Crippen molar-refractivity contribution in [2.24, 2.45) is 0 Å². The van der Waals surface area contributed by atoms with Gasteiger partial charge in [0.1, 0.15) is 23.0 Å². The van der Waals surface area contributed by atoms with Crippen molar-refractivity contribution in [1.29, 1.82) is 0 Å². The van der Waals surface area contributed by atoms with Crippen LogP contribution in [0.2, 0.25) is 0 Å². The number of nitrogens with zero attached hydrogens (tertiary/aromatic N) is 2. The zero-order valence-corrected chi connectivity index (χ0v) is 22.2. The van der Waals surface area contributed by atoms with Gasteiger partial charge in [0.15, 0.2) is 0 Å². The molecule has 1 aliphatic heterocycles. The first kappa shape index (κ1) is 26.6. The number of carbonyl (C=O) groups is 2. The Hall–Kier alpha value is -4.46. The van der Waals surface area contributed by atoms with E-state index in [1.54, 1.807) is 42.5 Å². The molecule has 0 radical (unpaired) electrons. The molecule has 0 aliphatic carbocycles. The van der Waals surface area contributed by atoms with Crippen LogP contribution in [0.15, 0.2) is 72.3 Å². The van der Waals surface area contributed by atoms with Crippen LogP contribution in [-0.4, -0.2) is 51.7 Å². The SMILES string of the molecule is CCCOc1cccc(/C(O)=C2\C(=O)C(=O)N(c3cc(OC)cc(OC)c3)C2c2ccc(N(C)C)cc2)c1. The molecule has 1 fully saturated rings. The van der Waals surface area contributed by atoms with Crippen molar-refractivity contribution in [3.8, 4) is 17.2 Å². The van der Waals surface area contributed by atoms with Crippen molar-refractivity contribution in [1.82, 2.24) is 0 Å². The number of hydrogen-bond donors (Lipinski definition) is 1. The summed E-state index contributed by atoms with van der Waals surface area (Å²) >= 11 is 0. The summed E-state index contributed by atoms with van der Waals surface area (Å²) in [6.07, 6.45) is 0.828. The first-order chi connectivity index (χ1) is 18.3. The molecule has 38 heavy (non-hydrogen) atoms. The lowest BCUT2D eigenvalue weighted by molar-refractivity contribution is -0.132. The number of ketones is 1. The third-order valence-electron chi connectivity index (χ3n) is 6.36. The van der Waals surface area contributed by atoms with Crippen molar-refractivity contribution >= 4 is 28.8 Å². The van der Waals surface area contributed by atoms with E-state index in [1.807, 2.05) is 50.2 Å². The van der Waals surface area contributed by atoms with Gasteiger partial charge in [-0.1, -0.05) is 31.2 Å². The summed E-state index contributed by atoms with van der Waals surface area (Å²) in [7, 11) is 6.88. The van der Waals surface area contributed by atoms with Gasteiger partial charge < -0.3 is 24.2 Å². The second-order valence-corrected chi connectivity index (χ2v) is 9.10. The molecular formula is C30H32N2O6. The van der Waals surface area contributed by atoms with Crippen LogP contribution in [0.5, 0.6) is 17.2 Å². The van der Waals surface area contributed by atoms with E-state index in [9.17, 15) is 14.7 Å². The average molecular weight is 517 g/mol. The maximum Gasteiger partial charge on any atom is 0.300 e. The molecule has 1 heterocycles. The van der Waals surface area contributed by atoms with Crippen molar-refractivity contribution in [2.75, 3.05) is 44.7 Å². The van der Waals surface area contributed by atoms with Gasteiger partial charge in [0, 0.05) is 43.5 Å². The van der Waals surface area contributed by atoms with E-state index in [-0.39, 0.29) is 11.3 Å². The van der Waals surface area contributed by atoms with Crippen LogP contribution < -0.4 is 24.0 Å². The van der Waals surface area contributed by atoms with Gasteiger partial charge in [-0.3, -0.25) is 14.5 Å². The minimum atomic E-state index is -0.886. The van der Waals surface area contributed by atoms with E-state index in [1.165, 1.54) is 19.1 Å². The Morgan fingerprint density at radius 3 is 2.16 bits per heavy atom. The average Bonchev–Trinajstić information content (AvgIpc) is 3.21. The normalized spacial score (nSPS) is 16.4. The number of Topliss-reactive ketones (excluding diaryl/α,β-unsaturated/α-hetero) is 1. The second kappa shape index (κ2) is 11.3. The lowest BCUT2D eigenvalue weighted by Crippen LogP contribution is -2.29. The van der Waals surface area contributed by atoms with Crippen molar-refractivity contribution in [3.63, 3.8) is 0 Å². The van der Waals surface area contributed by atoms with Crippen LogP contribution in [0.1, 0.15) is 30.5 Å². The predicted octanol–water partition coefficient (Wildman–Crippen LogP) is 5.18. The summed E-state index contributed by atoms with van der Waals surface area (Å²) < 4.78 is 16.5. The number of aliphatic hydroxyl groups excluding tert-OH is 1. The van der Waals surface area contributed by atoms with E-state index >= 15 is 0 Å². The first-order valence-corrected chi connectivity index (χ1v) is 12.3. The highest BCUT2D eigenvalue weighted by atomic mass is 16.5. The smallest absolute Gasteiger partial charge is 0.300 e. The van der Waals surface area contributed by atoms with Gasteiger partial charge in [0.05, 0.1) is 38.1 Å². The fourth-order valence-electron chi connectivity index (χ4n) is 4.41. The number of benzene rings is 3. The summed E-state index contributed by atoms with van der Waals surface area (Å²) in [4.78, 5) is 30.4. The minimum Gasteiger partial charge on any atom is -0.507 e. The molecule has 3 aromatic carbocycles. The number of methoxy groups -OCH3 is 2. The quantitative estimate of drug-likeness (QED) is 0.238. The molecule has 8 nitrogen and oxygen atoms in total. The van der Waals surface area contributed by atoms with Crippen molar-refractivity contribution in [2.45, 2.75) is 19.4 Å². The number of anilines is 2.